The second-order valence-corrected chi connectivity index (χ2v) is 5.23. The zero-order valence-electron chi connectivity index (χ0n) is 7.93. The fraction of sp³-hybridized carbons (Fsp3) is 1.00. The van der Waals surface area contributed by atoms with Gasteiger partial charge < -0.3 is 5.32 Å². The maximum absolute atomic E-state index is 10.8. The first-order chi connectivity index (χ1) is 6.48. The van der Waals surface area contributed by atoms with Gasteiger partial charge in [-0.3, -0.25) is 0 Å². The fourth-order valence-corrected chi connectivity index (χ4v) is 2.19. The Morgan fingerprint density at radius 3 is 2.43 bits per heavy atom. The van der Waals surface area contributed by atoms with Crippen molar-refractivity contribution in [2.24, 2.45) is 0 Å². The van der Waals surface area contributed by atoms with Crippen LogP contribution in [0, 0.1) is 0 Å². The van der Waals surface area contributed by atoms with Gasteiger partial charge in [0.2, 0.25) is 0 Å². The van der Waals surface area contributed by atoms with E-state index in [0.717, 1.165) is 19.4 Å². The molecule has 0 aromatic carbocycles. The van der Waals surface area contributed by atoms with E-state index in [2.05, 4.69) is 8.95 Å². The Morgan fingerprint density at radius 2 is 1.93 bits per heavy atom. The van der Waals surface area contributed by atoms with E-state index in [4.69, 9.17) is 0 Å². The summed E-state index contributed by atoms with van der Waals surface area (Å²) in [5, 5.41) is 2.86. The molecule has 0 aliphatic rings. The van der Waals surface area contributed by atoms with Crippen molar-refractivity contribution in [3.05, 3.63) is 0 Å². The molecule has 0 aliphatic heterocycles. The summed E-state index contributed by atoms with van der Waals surface area (Å²) in [4.78, 5) is 0. The molecule has 0 saturated carbocycles. The Morgan fingerprint density at radius 1 is 1.29 bits per heavy atom. The summed E-state index contributed by atoms with van der Waals surface area (Å²) in [6.07, 6.45) is 1.97. The average Bonchev–Trinajstić information content (AvgIpc) is 2.01. The topological polar surface area (TPSA) is 89.5 Å². The van der Waals surface area contributed by atoms with E-state index in [-0.39, 0.29) is 12.3 Å². The molecule has 0 aliphatic carbocycles. The van der Waals surface area contributed by atoms with Gasteiger partial charge >= 0.3 is 0 Å². The van der Waals surface area contributed by atoms with Crippen LogP contribution in [0.3, 0.4) is 0 Å². The standard InChI is InChI=1S/C6H15NO5S2/c1-2-3-4-7-5-6-14(10,11)12-13(8)9/h7,13H,2-6H2,1H3. The molecule has 0 rings (SSSR count). The molecule has 1 N–H and O–H groups in total. The minimum atomic E-state index is -3.93. The third-order valence-electron chi connectivity index (χ3n) is 1.41. The summed E-state index contributed by atoms with van der Waals surface area (Å²) < 4.78 is 45.3. The number of unbranched alkanes of at least 4 members (excludes halogenated alkanes) is 1. The molecule has 0 unspecified atom stereocenters. The van der Waals surface area contributed by atoms with Crippen LogP contribution in [-0.2, 0) is 24.7 Å². The second kappa shape index (κ2) is 7.16. The monoisotopic (exact) mass is 245 g/mol. The molecule has 0 aromatic rings. The van der Waals surface area contributed by atoms with Gasteiger partial charge in [-0.25, -0.2) is 8.42 Å². The van der Waals surface area contributed by atoms with Crippen LogP contribution in [0.1, 0.15) is 19.8 Å². The van der Waals surface area contributed by atoms with Gasteiger partial charge in [0.15, 0.2) is 0 Å². The number of thiol groups is 1. The summed E-state index contributed by atoms with van der Waals surface area (Å²) in [6, 6.07) is 0. The first kappa shape index (κ1) is 13.8. The highest BCUT2D eigenvalue weighted by Crippen LogP contribution is 1.91. The van der Waals surface area contributed by atoms with E-state index in [9.17, 15) is 16.8 Å². The van der Waals surface area contributed by atoms with Gasteiger partial charge in [-0.15, -0.1) is 3.63 Å². The Bertz CT molecular complexity index is 300. The molecule has 6 nitrogen and oxygen atoms in total. The SMILES string of the molecule is CCCCNCCS(=O)(=O)O[SH](=O)=O. The maximum Gasteiger partial charge on any atom is 0.282 e. The predicted molar refractivity (Wildman–Crippen MR) is 53.0 cm³/mol. The van der Waals surface area contributed by atoms with Gasteiger partial charge in [0, 0.05) is 6.54 Å². The lowest BCUT2D eigenvalue weighted by molar-refractivity contribution is 0.475. The summed E-state index contributed by atoms with van der Waals surface area (Å²) in [7, 11) is -7.26. The van der Waals surface area contributed by atoms with E-state index in [0.29, 0.717) is 0 Å². The quantitative estimate of drug-likeness (QED) is 0.432. The number of hydrogen-bond acceptors (Lipinski definition) is 6. The van der Waals surface area contributed by atoms with Gasteiger partial charge in [-0.2, -0.15) is 8.42 Å². The maximum atomic E-state index is 10.8. The Labute approximate surface area is 85.9 Å². The largest absolute Gasteiger partial charge is 0.316 e. The lowest BCUT2D eigenvalue weighted by atomic mass is 10.3. The third kappa shape index (κ3) is 8.42. The molecule has 0 spiro atoms. The van der Waals surface area contributed by atoms with Gasteiger partial charge in [0.1, 0.15) is 0 Å². The third-order valence-corrected chi connectivity index (χ3v) is 3.51. The van der Waals surface area contributed by atoms with E-state index in [1.807, 2.05) is 6.92 Å². The van der Waals surface area contributed by atoms with Crippen molar-refractivity contribution in [1.29, 1.82) is 0 Å². The van der Waals surface area contributed by atoms with E-state index >= 15 is 0 Å². The minimum absolute atomic E-state index is 0.200. The van der Waals surface area contributed by atoms with Crippen LogP contribution >= 0.6 is 0 Å². The molecular formula is C6H15NO5S2. The highest BCUT2D eigenvalue weighted by atomic mass is 32.3. The summed E-state index contributed by atoms with van der Waals surface area (Å²) in [5.74, 6) is -0.333. The average molecular weight is 245 g/mol. The molecule has 0 heterocycles. The first-order valence-corrected chi connectivity index (χ1v) is 6.92. The van der Waals surface area contributed by atoms with Gasteiger partial charge in [-0.05, 0) is 13.0 Å². The van der Waals surface area contributed by atoms with Crippen LogP contribution < -0.4 is 5.32 Å². The Hall–Kier alpha value is -0.180. The van der Waals surface area contributed by atoms with Gasteiger partial charge in [0.25, 0.3) is 21.1 Å². The molecule has 86 valence electrons. The van der Waals surface area contributed by atoms with Gasteiger partial charge in [0.05, 0.1) is 5.75 Å². The predicted octanol–water partition coefficient (Wildman–Crippen LogP) is -0.751. The molecule has 0 amide bonds. The van der Waals surface area contributed by atoms with Gasteiger partial charge in [-0.1, -0.05) is 13.3 Å². The summed E-state index contributed by atoms with van der Waals surface area (Å²) >= 11 is 0. The van der Waals surface area contributed by atoms with Crippen molar-refractivity contribution in [2.75, 3.05) is 18.8 Å². The van der Waals surface area contributed by atoms with Crippen LogP contribution in [0.5, 0.6) is 0 Å². The van der Waals surface area contributed by atoms with E-state index < -0.39 is 21.1 Å². The van der Waals surface area contributed by atoms with Crippen LogP contribution in [0.15, 0.2) is 0 Å². The van der Waals surface area contributed by atoms with E-state index in [1.165, 1.54) is 0 Å². The summed E-state index contributed by atoms with van der Waals surface area (Å²) in [6.45, 7) is 2.94. The molecule has 0 fully saturated rings. The molecular weight excluding hydrogens is 230 g/mol. The lowest BCUT2D eigenvalue weighted by Crippen LogP contribution is -2.24. The van der Waals surface area contributed by atoms with Crippen molar-refractivity contribution < 1.29 is 20.5 Å². The smallest absolute Gasteiger partial charge is 0.282 e. The number of hydrogen-bond donors (Lipinski definition) is 2. The van der Waals surface area contributed by atoms with Crippen LogP contribution in [-0.4, -0.2) is 35.7 Å². The Kier molecular flexibility index (Phi) is 7.06. The molecule has 0 atom stereocenters. The van der Waals surface area contributed by atoms with E-state index in [1.54, 1.807) is 0 Å². The van der Waals surface area contributed by atoms with Crippen molar-refractivity contribution in [3.63, 3.8) is 0 Å². The highest BCUT2D eigenvalue weighted by Gasteiger charge is 2.11. The summed E-state index contributed by atoms with van der Waals surface area (Å²) in [5.41, 5.74) is 0. The van der Waals surface area contributed by atoms with Crippen molar-refractivity contribution in [3.8, 4) is 0 Å². The normalized spacial score (nSPS) is 12.1. The fourth-order valence-electron chi connectivity index (χ4n) is 0.754. The zero-order valence-corrected chi connectivity index (χ0v) is 9.64. The van der Waals surface area contributed by atoms with Crippen LogP contribution in [0.4, 0.5) is 0 Å². The number of nitrogens with one attached hydrogen (secondary N) is 1. The molecule has 14 heavy (non-hydrogen) atoms. The van der Waals surface area contributed by atoms with Crippen LogP contribution in [0.2, 0.25) is 0 Å². The minimum Gasteiger partial charge on any atom is -0.316 e. The zero-order chi connectivity index (χ0) is 11.0. The molecule has 8 heteroatoms. The van der Waals surface area contributed by atoms with Crippen molar-refractivity contribution in [2.45, 2.75) is 19.8 Å². The molecule has 0 saturated heterocycles. The lowest BCUT2D eigenvalue weighted by Gasteiger charge is -2.02. The van der Waals surface area contributed by atoms with Crippen molar-refractivity contribution >= 4 is 21.1 Å². The Balaban J connectivity index is 3.67. The highest BCUT2D eigenvalue weighted by molar-refractivity contribution is 7.93. The second-order valence-electron chi connectivity index (χ2n) is 2.66. The van der Waals surface area contributed by atoms with Crippen molar-refractivity contribution in [1.82, 2.24) is 5.32 Å². The molecule has 0 bridgehead atoms. The molecule has 0 radical (unpaired) electrons. The van der Waals surface area contributed by atoms with Crippen LogP contribution in [0.25, 0.3) is 0 Å². The molecule has 0 aromatic heterocycles. The number of rotatable bonds is 8. The first-order valence-electron chi connectivity index (χ1n) is 4.25.